The first-order chi connectivity index (χ1) is 15.6. The molecule has 0 aliphatic carbocycles. The van der Waals surface area contributed by atoms with Crippen LogP contribution in [-0.4, -0.2) is 75.2 Å². The van der Waals surface area contributed by atoms with Gasteiger partial charge in [0.05, 0.1) is 7.11 Å². The molecule has 1 aliphatic heterocycles. The number of rotatable bonds is 8. The predicted octanol–water partition coefficient (Wildman–Crippen LogP) is 2.46. The number of pyridine rings is 1. The average Bonchev–Trinajstić information content (AvgIpc) is 2.84. The molecule has 1 aliphatic rings. The first-order valence-corrected chi connectivity index (χ1v) is 11.1. The highest BCUT2D eigenvalue weighted by molar-refractivity contribution is 14.0. The summed E-state index contributed by atoms with van der Waals surface area (Å²) in [4.78, 5) is 25.4. The molecule has 180 valence electrons. The van der Waals surface area contributed by atoms with Gasteiger partial charge in [-0.1, -0.05) is 18.2 Å². The molecule has 1 aromatic heterocycles. The molecule has 0 atom stereocenters. The lowest BCUT2D eigenvalue weighted by Gasteiger charge is -2.35. The van der Waals surface area contributed by atoms with Crippen molar-refractivity contribution in [3.63, 3.8) is 0 Å². The number of halogens is 1. The van der Waals surface area contributed by atoms with Crippen molar-refractivity contribution in [2.45, 2.75) is 19.8 Å². The van der Waals surface area contributed by atoms with Crippen molar-refractivity contribution in [2.24, 2.45) is 4.99 Å². The van der Waals surface area contributed by atoms with Gasteiger partial charge in [-0.05, 0) is 42.7 Å². The van der Waals surface area contributed by atoms with E-state index in [1.807, 2.05) is 30.0 Å². The Bertz CT molecular complexity index is 901. The number of methoxy groups -OCH3 is 1. The number of carbonyl (C=O) groups is 1. The second-order valence-electron chi connectivity index (χ2n) is 7.79. The lowest BCUT2D eigenvalue weighted by molar-refractivity contribution is -0.131. The fraction of sp³-hybridized carbons (Fsp3) is 0.458. The van der Waals surface area contributed by atoms with Crippen molar-refractivity contribution in [1.82, 2.24) is 20.5 Å². The zero-order valence-corrected chi connectivity index (χ0v) is 22.0. The first kappa shape index (κ1) is 26.7. The summed E-state index contributed by atoms with van der Waals surface area (Å²) in [6.45, 7) is 6.40. The quantitative estimate of drug-likeness (QED) is 0.291. The van der Waals surface area contributed by atoms with Crippen LogP contribution in [0.15, 0.2) is 47.6 Å². The van der Waals surface area contributed by atoms with E-state index in [2.05, 4.69) is 43.7 Å². The molecule has 1 amide bonds. The molecule has 1 aromatic carbocycles. The standard InChI is InChI=1S/C24H34N6O2.HI/c1-19-7-8-20(18-21(19)32-3)9-12-27-24(25-2)28-13-10-23(31)30-16-14-29(15-17-30)22-6-4-5-11-26-22;/h4-8,11,18H,9-10,12-17H2,1-3H3,(H2,25,27,28);1H. The minimum Gasteiger partial charge on any atom is -0.496 e. The van der Waals surface area contributed by atoms with Gasteiger partial charge in [0.15, 0.2) is 5.96 Å². The highest BCUT2D eigenvalue weighted by Gasteiger charge is 2.21. The summed E-state index contributed by atoms with van der Waals surface area (Å²) >= 11 is 0. The summed E-state index contributed by atoms with van der Waals surface area (Å²) in [5.41, 5.74) is 2.33. The van der Waals surface area contributed by atoms with Crippen LogP contribution < -0.4 is 20.3 Å². The van der Waals surface area contributed by atoms with Crippen LogP contribution >= 0.6 is 24.0 Å². The number of nitrogens with one attached hydrogen (secondary N) is 2. The number of aliphatic imine (C=N–C) groups is 1. The summed E-state index contributed by atoms with van der Waals surface area (Å²) in [5, 5.41) is 6.55. The fourth-order valence-corrected chi connectivity index (χ4v) is 3.74. The number of hydrogen-bond acceptors (Lipinski definition) is 5. The molecule has 2 heterocycles. The topological polar surface area (TPSA) is 82.1 Å². The number of nitrogens with zero attached hydrogens (tertiary/aromatic N) is 4. The van der Waals surface area contributed by atoms with Crippen LogP contribution in [0.1, 0.15) is 17.5 Å². The Labute approximate surface area is 213 Å². The maximum absolute atomic E-state index is 12.6. The van der Waals surface area contributed by atoms with Gasteiger partial charge in [0.1, 0.15) is 11.6 Å². The van der Waals surface area contributed by atoms with Gasteiger partial charge in [0, 0.05) is 58.9 Å². The summed E-state index contributed by atoms with van der Waals surface area (Å²) in [6.07, 6.45) is 3.10. The van der Waals surface area contributed by atoms with E-state index in [-0.39, 0.29) is 29.9 Å². The molecule has 2 N–H and O–H groups in total. The molecule has 2 aromatic rings. The van der Waals surface area contributed by atoms with Crippen LogP contribution in [0, 0.1) is 6.92 Å². The Morgan fingerprint density at radius 1 is 1.12 bits per heavy atom. The van der Waals surface area contributed by atoms with Crippen LogP contribution in [0.4, 0.5) is 5.82 Å². The molecular formula is C24H35IN6O2. The van der Waals surface area contributed by atoms with Crippen LogP contribution in [0.2, 0.25) is 0 Å². The Morgan fingerprint density at radius 2 is 1.88 bits per heavy atom. The van der Waals surface area contributed by atoms with Crippen molar-refractivity contribution in [3.05, 3.63) is 53.7 Å². The van der Waals surface area contributed by atoms with Gasteiger partial charge in [-0.25, -0.2) is 4.98 Å². The number of ether oxygens (including phenoxy) is 1. The predicted molar refractivity (Wildman–Crippen MR) is 144 cm³/mol. The van der Waals surface area contributed by atoms with E-state index >= 15 is 0 Å². The van der Waals surface area contributed by atoms with Gasteiger partial charge in [-0.3, -0.25) is 9.79 Å². The Balaban J connectivity index is 0.00000385. The number of guanidine groups is 1. The number of anilines is 1. The SMILES string of the molecule is CN=C(NCCC(=O)N1CCN(c2ccccn2)CC1)NCCc1ccc(C)c(OC)c1.I. The van der Waals surface area contributed by atoms with Crippen LogP contribution in [0.3, 0.4) is 0 Å². The highest BCUT2D eigenvalue weighted by atomic mass is 127. The summed E-state index contributed by atoms with van der Waals surface area (Å²) in [7, 11) is 3.43. The van der Waals surface area contributed by atoms with E-state index < -0.39 is 0 Å². The Morgan fingerprint density at radius 3 is 2.55 bits per heavy atom. The molecular weight excluding hydrogens is 531 g/mol. The van der Waals surface area contributed by atoms with Gasteiger partial charge in [0.2, 0.25) is 5.91 Å². The van der Waals surface area contributed by atoms with E-state index in [1.165, 1.54) is 5.56 Å². The maximum Gasteiger partial charge on any atom is 0.224 e. The van der Waals surface area contributed by atoms with E-state index in [9.17, 15) is 4.79 Å². The van der Waals surface area contributed by atoms with Crippen molar-refractivity contribution < 1.29 is 9.53 Å². The van der Waals surface area contributed by atoms with E-state index in [0.29, 0.717) is 18.9 Å². The molecule has 1 saturated heterocycles. The second-order valence-corrected chi connectivity index (χ2v) is 7.79. The highest BCUT2D eigenvalue weighted by Crippen LogP contribution is 2.19. The maximum atomic E-state index is 12.6. The number of aromatic nitrogens is 1. The third-order valence-electron chi connectivity index (χ3n) is 5.64. The van der Waals surface area contributed by atoms with Crippen LogP contribution in [0.25, 0.3) is 0 Å². The number of benzene rings is 1. The minimum absolute atomic E-state index is 0. The largest absolute Gasteiger partial charge is 0.496 e. The molecule has 3 rings (SSSR count). The number of hydrogen-bond donors (Lipinski definition) is 2. The van der Waals surface area contributed by atoms with E-state index in [0.717, 1.165) is 56.3 Å². The zero-order valence-electron chi connectivity index (χ0n) is 19.7. The van der Waals surface area contributed by atoms with Crippen molar-refractivity contribution >= 4 is 41.7 Å². The lowest BCUT2D eigenvalue weighted by Crippen LogP contribution is -2.49. The number of piperazine rings is 1. The van der Waals surface area contributed by atoms with Crippen molar-refractivity contribution in [3.8, 4) is 5.75 Å². The Hall–Kier alpha value is -2.56. The number of carbonyl (C=O) groups excluding carboxylic acids is 1. The normalized spacial score (nSPS) is 13.8. The van der Waals surface area contributed by atoms with Gasteiger partial charge in [-0.15, -0.1) is 24.0 Å². The summed E-state index contributed by atoms with van der Waals surface area (Å²) in [5.74, 6) is 2.75. The fourth-order valence-electron chi connectivity index (χ4n) is 3.74. The summed E-state index contributed by atoms with van der Waals surface area (Å²) < 4.78 is 5.39. The van der Waals surface area contributed by atoms with Gasteiger partial charge < -0.3 is 25.2 Å². The van der Waals surface area contributed by atoms with E-state index in [4.69, 9.17) is 4.74 Å². The van der Waals surface area contributed by atoms with Crippen molar-refractivity contribution in [2.75, 3.05) is 58.3 Å². The molecule has 0 unspecified atom stereocenters. The third kappa shape index (κ3) is 8.06. The molecule has 9 heteroatoms. The summed E-state index contributed by atoms with van der Waals surface area (Å²) in [6, 6.07) is 12.2. The molecule has 0 saturated carbocycles. The van der Waals surface area contributed by atoms with Gasteiger partial charge in [0.25, 0.3) is 0 Å². The molecule has 0 radical (unpaired) electrons. The molecule has 33 heavy (non-hydrogen) atoms. The second kappa shape index (κ2) is 13.9. The monoisotopic (exact) mass is 566 g/mol. The molecule has 0 spiro atoms. The molecule has 0 bridgehead atoms. The smallest absolute Gasteiger partial charge is 0.224 e. The van der Waals surface area contributed by atoms with Crippen molar-refractivity contribution in [1.29, 1.82) is 0 Å². The van der Waals surface area contributed by atoms with Crippen LogP contribution in [0.5, 0.6) is 5.75 Å². The number of aryl methyl sites for hydroxylation is 1. The average molecular weight is 566 g/mol. The first-order valence-electron chi connectivity index (χ1n) is 11.1. The Kier molecular flexibility index (Phi) is 11.2. The van der Waals surface area contributed by atoms with Crippen LogP contribution in [-0.2, 0) is 11.2 Å². The molecule has 8 nitrogen and oxygen atoms in total. The van der Waals surface area contributed by atoms with E-state index in [1.54, 1.807) is 20.4 Å². The lowest BCUT2D eigenvalue weighted by atomic mass is 10.1. The van der Waals surface area contributed by atoms with Gasteiger partial charge >= 0.3 is 0 Å². The third-order valence-corrected chi connectivity index (χ3v) is 5.64. The number of amides is 1. The zero-order chi connectivity index (χ0) is 22.8. The van der Waals surface area contributed by atoms with Gasteiger partial charge in [-0.2, -0.15) is 0 Å². The molecule has 1 fully saturated rings. The minimum atomic E-state index is 0.